The second-order valence-electron chi connectivity index (χ2n) is 3.83. The van der Waals surface area contributed by atoms with Gasteiger partial charge in [0.05, 0.1) is 7.11 Å². The fourth-order valence-corrected chi connectivity index (χ4v) is 1.28. The number of benzene rings is 1. The Morgan fingerprint density at radius 3 is 2.63 bits per heavy atom. The Morgan fingerprint density at radius 2 is 2.11 bits per heavy atom. The number of aromatic hydroxyl groups is 1. The van der Waals surface area contributed by atoms with Crippen LogP contribution < -0.4 is 10.1 Å². The quantitative estimate of drug-likeness (QED) is 0.690. The van der Waals surface area contributed by atoms with Crippen molar-refractivity contribution in [1.82, 2.24) is 5.32 Å². The minimum absolute atomic E-state index is 0.0327. The van der Waals surface area contributed by atoms with Crippen LogP contribution >= 0.6 is 0 Å². The molecule has 1 atom stereocenters. The first-order valence-electron chi connectivity index (χ1n) is 5.52. The Hall–Kier alpha value is -2.50. The van der Waals surface area contributed by atoms with Crippen LogP contribution in [0.4, 0.5) is 0 Å². The maximum Gasteiger partial charge on any atom is 0.325 e. The summed E-state index contributed by atoms with van der Waals surface area (Å²) in [6.07, 6.45) is 2.54. The molecular weight excluding hydrogens is 250 g/mol. The fraction of sp³-hybridized carbons (Fsp3) is 0.231. The first-order valence-corrected chi connectivity index (χ1v) is 5.52. The largest absolute Gasteiger partial charge is 0.507 e. The highest BCUT2D eigenvalue weighted by molar-refractivity contribution is 5.94. The number of phenolic OH excluding ortho intramolecular Hbond substituents is 1. The van der Waals surface area contributed by atoms with Gasteiger partial charge in [-0.3, -0.25) is 9.59 Å². The highest BCUT2D eigenvalue weighted by Gasteiger charge is 2.11. The first kappa shape index (κ1) is 14.6. The van der Waals surface area contributed by atoms with Crippen molar-refractivity contribution >= 4 is 18.0 Å². The van der Waals surface area contributed by atoms with Crippen molar-refractivity contribution in [2.75, 3.05) is 7.11 Å². The molecule has 6 heteroatoms. The number of carboxylic acid groups (broad SMARTS) is 1. The number of nitrogens with one attached hydrogen (secondary N) is 1. The Kier molecular flexibility index (Phi) is 4.93. The molecule has 0 bridgehead atoms. The summed E-state index contributed by atoms with van der Waals surface area (Å²) in [4.78, 5) is 21.9. The third-order valence-electron chi connectivity index (χ3n) is 2.38. The smallest absolute Gasteiger partial charge is 0.325 e. The molecule has 1 rings (SSSR count). The average Bonchev–Trinajstić information content (AvgIpc) is 2.36. The molecule has 1 amide bonds. The summed E-state index contributed by atoms with van der Waals surface area (Å²) in [7, 11) is 1.48. The molecule has 19 heavy (non-hydrogen) atoms. The molecule has 1 aromatic rings. The van der Waals surface area contributed by atoms with Crippen molar-refractivity contribution in [1.29, 1.82) is 0 Å². The molecular formula is C13H15NO5. The molecule has 1 aromatic carbocycles. The molecule has 6 nitrogen and oxygen atoms in total. The van der Waals surface area contributed by atoms with E-state index in [1.54, 1.807) is 12.1 Å². The monoisotopic (exact) mass is 265 g/mol. The normalized spacial score (nSPS) is 12.1. The standard InChI is InChI=1S/C13H15NO5/c1-8(13(17)18)14-12(16)6-4-9-3-5-10(19-2)7-11(9)15/h3-8,15H,1-2H3,(H,14,16)(H,17,18). The molecule has 0 heterocycles. The van der Waals surface area contributed by atoms with E-state index < -0.39 is 17.9 Å². The van der Waals surface area contributed by atoms with Crippen LogP contribution in [0.1, 0.15) is 12.5 Å². The third kappa shape index (κ3) is 4.34. The Morgan fingerprint density at radius 1 is 1.42 bits per heavy atom. The van der Waals surface area contributed by atoms with Crippen molar-refractivity contribution < 1.29 is 24.5 Å². The van der Waals surface area contributed by atoms with E-state index in [9.17, 15) is 14.7 Å². The molecule has 102 valence electrons. The average molecular weight is 265 g/mol. The van der Waals surface area contributed by atoms with Gasteiger partial charge < -0.3 is 20.3 Å². The molecule has 0 aliphatic rings. The number of methoxy groups -OCH3 is 1. The first-order chi connectivity index (χ1) is 8.93. The van der Waals surface area contributed by atoms with E-state index in [1.165, 1.54) is 26.2 Å². The van der Waals surface area contributed by atoms with Crippen LogP contribution in [0.5, 0.6) is 11.5 Å². The van der Waals surface area contributed by atoms with Crippen LogP contribution in [0.2, 0.25) is 0 Å². The summed E-state index contributed by atoms with van der Waals surface area (Å²) in [5.41, 5.74) is 0.430. The van der Waals surface area contributed by atoms with Crippen molar-refractivity contribution in [2.24, 2.45) is 0 Å². The molecule has 3 N–H and O–H groups in total. The predicted molar refractivity (Wildman–Crippen MR) is 68.9 cm³/mol. The number of carboxylic acids is 1. The summed E-state index contributed by atoms with van der Waals surface area (Å²) < 4.78 is 4.93. The number of hydrogen-bond acceptors (Lipinski definition) is 4. The lowest BCUT2D eigenvalue weighted by Gasteiger charge is -2.06. The number of hydrogen-bond donors (Lipinski definition) is 3. The van der Waals surface area contributed by atoms with Crippen LogP contribution in [-0.2, 0) is 9.59 Å². The number of amides is 1. The fourth-order valence-electron chi connectivity index (χ4n) is 1.28. The van der Waals surface area contributed by atoms with Crippen LogP contribution in [-0.4, -0.2) is 35.2 Å². The molecule has 0 aliphatic carbocycles. The second-order valence-corrected chi connectivity index (χ2v) is 3.83. The van der Waals surface area contributed by atoms with E-state index in [-0.39, 0.29) is 5.75 Å². The zero-order valence-corrected chi connectivity index (χ0v) is 10.6. The minimum Gasteiger partial charge on any atom is -0.507 e. The van der Waals surface area contributed by atoms with Gasteiger partial charge in [0.1, 0.15) is 17.5 Å². The predicted octanol–water partition coefficient (Wildman–Crippen LogP) is 1.00. The SMILES string of the molecule is COc1ccc(C=CC(=O)NC(C)C(=O)O)c(O)c1. The van der Waals surface area contributed by atoms with E-state index in [4.69, 9.17) is 9.84 Å². The molecule has 1 unspecified atom stereocenters. The van der Waals surface area contributed by atoms with E-state index in [2.05, 4.69) is 5.32 Å². The van der Waals surface area contributed by atoms with Gasteiger partial charge in [-0.1, -0.05) is 0 Å². The summed E-state index contributed by atoms with van der Waals surface area (Å²) in [5.74, 6) is -1.20. The van der Waals surface area contributed by atoms with Crippen LogP contribution in [0, 0.1) is 0 Å². The Balaban J connectivity index is 2.71. The van der Waals surface area contributed by atoms with Gasteiger partial charge in [-0.15, -0.1) is 0 Å². The van der Waals surface area contributed by atoms with Gasteiger partial charge in [0.15, 0.2) is 0 Å². The lowest BCUT2D eigenvalue weighted by molar-refractivity contribution is -0.140. The Bertz CT molecular complexity index is 510. The summed E-state index contributed by atoms with van der Waals surface area (Å²) in [6.45, 7) is 1.36. The van der Waals surface area contributed by atoms with E-state index >= 15 is 0 Å². The van der Waals surface area contributed by atoms with Gasteiger partial charge in [-0.2, -0.15) is 0 Å². The topological polar surface area (TPSA) is 95.9 Å². The number of phenols is 1. The van der Waals surface area contributed by atoms with E-state index in [1.807, 2.05) is 0 Å². The van der Waals surface area contributed by atoms with Crippen LogP contribution in [0.25, 0.3) is 6.08 Å². The molecule has 0 aromatic heterocycles. The highest BCUT2D eigenvalue weighted by atomic mass is 16.5. The summed E-state index contributed by atoms with van der Waals surface area (Å²) >= 11 is 0. The molecule has 0 saturated carbocycles. The number of rotatable bonds is 5. The highest BCUT2D eigenvalue weighted by Crippen LogP contribution is 2.24. The van der Waals surface area contributed by atoms with Crippen LogP contribution in [0.3, 0.4) is 0 Å². The second kappa shape index (κ2) is 6.44. The van der Waals surface area contributed by atoms with Crippen molar-refractivity contribution in [3.8, 4) is 11.5 Å². The van der Waals surface area contributed by atoms with Gasteiger partial charge in [-0.25, -0.2) is 0 Å². The van der Waals surface area contributed by atoms with Crippen molar-refractivity contribution in [2.45, 2.75) is 13.0 Å². The zero-order valence-electron chi connectivity index (χ0n) is 10.6. The molecule has 0 saturated heterocycles. The lowest BCUT2D eigenvalue weighted by Crippen LogP contribution is -2.37. The van der Waals surface area contributed by atoms with Gasteiger partial charge in [-0.05, 0) is 25.1 Å². The number of aliphatic carboxylic acids is 1. The van der Waals surface area contributed by atoms with Crippen molar-refractivity contribution in [3.63, 3.8) is 0 Å². The summed E-state index contributed by atoms with van der Waals surface area (Å²) in [5, 5.41) is 20.5. The molecule has 0 spiro atoms. The van der Waals surface area contributed by atoms with Gasteiger partial charge in [0.2, 0.25) is 5.91 Å². The van der Waals surface area contributed by atoms with Gasteiger partial charge in [0.25, 0.3) is 0 Å². The number of ether oxygens (including phenoxy) is 1. The van der Waals surface area contributed by atoms with Gasteiger partial charge in [0, 0.05) is 17.7 Å². The zero-order chi connectivity index (χ0) is 14.4. The van der Waals surface area contributed by atoms with Crippen molar-refractivity contribution in [3.05, 3.63) is 29.8 Å². The molecule has 0 fully saturated rings. The third-order valence-corrected chi connectivity index (χ3v) is 2.38. The maximum atomic E-state index is 11.4. The molecule has 0 aliphatic heterocycles. The minimum atomic E-state index is -1.12. The summed E-state index contributed by atoms with van der Waals surface area (Å²) in [6, 6.07) is 3.66. The van der Waals surface area contributed by atoms with Gasteiger partial charge >= 0.3 is 5.97 Å². The van der Waals surface area contributed by atoms with E-state index in [0.717, 1.165) is 6.08 Å². The van der Waals surface area contributed by atoms with Crippen LogP contribution in [0.15, 0.2) is 24.3 Å². The maximum absolute atomic E-state index is 11.4. The number of carbonyl (C=O) groups is 2. The lowest BCUT2D eigenvalue weighted by atomic mass is 10.1. The van der Waals surface area contributed by atoms with E-state index in [0.29, 0.717) is 11.3 Å². The molecule has 0 radical (unpaired) electrons. The number of carbonyl (C=O) groups excluding carboxylic acids is 1. The Labute approximate surface area is 110 Å².